The number of esters is 1. The molecule has 0 bridgehead atoms. The molecule has 1 atom stereocenters. The van der Waals surface area contributed by atoms with Crippen molar-refractivity contribution in [2.24, 2.45) is 5.41 Å². The second-order valence-corrected chi connectivity index (χ2v) is 4.96. The zero-order valence-electron chi connectivity index (χ0n) is 9.43. The molecule has 0 aliphatic carbocycles. The summed E-state index contributed by atoms with van der Waals surface area (Å²) in [5.41, 5.74) is -0.375. The third-order valence-corrected chi connectivity index (χ3v) is 2.41. The first kappa shape index (κ1) is 11.5. The van der Waals surface area contributed by atoms with E-state index in [1.54, 1.807) is 0 Å². The van der Waals surface area contributed by atoms with Crippen molar-refractivity contribution in [3.8, 4) is 0 Å². The molecule has 1 N–H and O–H groups in total. The lowest BCUT2D eigenvalue weighted by molar-refractivity contribution is -0.159. The van der Waals surface area contributed by atoms with Crippen LogP contribution in [0.15, 0.2) is 0 Å². The number of rotatable bonds is 1. The lowest BCUT2D eigenvalue weighted by Crippen LogP contribution is -2.28. The van der Waals surface area contributed by atoms with Crippen molar-refractivity contribution >= 4 is 5.97 Å². The quantitative estimate of drug-likeness (QED) is 0.653. The van der Waals surface area contributed by atoms with Crippen LogP contribution in [0.4, 0.5) is 0 Å². The van der Waals surface area contributed by atoms with Crippen molar-refractivity contribution in [2.45, 2.75) is 46.1 Å². The second-order valence-electron chi connectivity index (χ2n) is 4.96. The van der Waals surface area contributed by atoms with E-state index in [-0.39, 0.29) is 17.5 Å². The minimum atomic E-state index is -0.375. The number of ether oxygens (including phenoxy) is 1. The SMILES string of the molecule is CC(C)(C)C(=O)OC1CCCNCC1. The zero-order chi connectivity index (χ0) is 10.6. The van der Waals surface area contributed by atoms with Crippen LogP contribution in [0.3, 0.4) is 0 Å². The Kier molecular flexibility index (Phi) is 3.93. The van der Waals surface area contributed by atoms with Gasteiger partial charge >= 0.3 is 5.97 Å². The Morgan fingerprint density at radius 1 is 1.29 bits per heavy atom. The summed E-state index contributed by atoms with van der Waals surface area (Å²) < 4.78 is 5.46. The average molecular weight is 199 g/mol. The van der Waals surface area contributed by atoms with Crippen molar-refractivity contribution in [1.82, 2.24) is 5.32 Å². The van der Waals surface area contributed by atoms with Crippen LogP contribution >= 0.6 is 0 Å². The molecule has 0 aromatic heterocycles. The highest BCUT2D eigenvalue weighted by molar-refractivity contribution is 5.75. The van der Waals surface area contributed by atoms with Gasteiger partial charge in [0, 0.05) is 0 Å². The van der Waals surface area contributed by atoms with Gasteiger partial charge in [-0.25, -0.2) is 0 Å². The molecule has 82 valence electrons. The van der Waals surface area contributed by atoms with E-state index >= 15 is 0 Å². The number of nitrogens with one attached hydrogen (secondary N) is 1. The molecule has 3 heteroatoms. The van der Waals surface area contributed by atoms with Gasteiger partial charge in [-0.1, -0.05) is 0 Å². The maximum atomic E-state index is 11.6. The molecular formula is C11H21NO2. The van der Waals surface area contributed by atoms with Gasteiger partial charge in [0.25, 0.3) is 0 Å². The summed E-state index contributed by atoms with van der Waals surface area (Å²) >= 11 is 0. The van der Waals surface area contributed by atoms with Crippen LogP contribution in [0.5, 0.6) is 0 Å². The van der Waals surface area contributed by atoms with E-state index in [0.29, 0.717) is 0 Å². The first-order valence-electron chi connectivity index (χ1n) is 5.42. The maximum absolute atomic E-state index is 11.6. The Balaban J connectivity index is 2.38. The van der Waals surface area contributed by atoms with Gasteiger partial charge < -0.3 is 10.1 Å². The Morgan fingerprint density at radius 3 is 2.64 bits per heavy atom. The molecule has 1 fully saturated rings. The van der Waals surface area contributed by atoms with Gasteiger partial charge in [-0.3, -0.25) is 4.79 Å². The van der Waals surface area contributed by atoms with Crippen molar-refractivity contribution in [1.29, 1.82) is 0 Å². The van der Waals surface area contributed by atoms with Gasteiger partial charge in [0.05, 0.1) is 5.41 Å². The summed E-state index contributed by atoms with van der Waals surface area (Å²) in [4.78, 5) is 11.6. The summed E-state index contributed by atoms with van der Waals surface area (Å²) in [5, 5.41) is 3.30. The molecule has 1 rings (SSSR count). The molecule has 0 saturated carbocycles. The molecule has 0 amide bonds. The molecule has 1 heterocycles. The molecule has 1 aliphatic heterocycles. The van der Waals surface area contributed by atoms with E-state index in [4.69, 9.17) is 4.74 Å². The van der Waals surface area contributed by atoms with Crippen molar-refractivity contribution in [3.05, 3.63) is 0 Å². The molecule has 1 unspecified atom stereocenters. The first-order valence-corrected chi connectivity index (χ1v) is 5.42. The van der Waals surface area contributed by atoms with Crippen LogP contribution in [0.25, 0.3) is 0 Å². The summed E-state index contributed by atoms with van der Waals surface area (Å²) in [7, 11) is 0. The summed E-state index contributed by atoms with van der Waals surface area (Å²) in [6.07, 6.45) is 3.16. The molecule has 14 heavy (non-hydrogen) atoms. The molecule has 0 radical (unpaired) electrons. The van der Waals surface area contributed by atoms with Crippen LogP contribution in [-0.2, 0) is 9.53 Å². The number of hydrogen-bond acceptors (Lipinski definition) is 3. The Bertz CT molecular complexity index is 188. The molecule has 0 spiro atoms. The van der Waals surface area contributed by atoms with Crippen molar-refractivity contribution < 1.29 is 9.53 Å². The van der Waals surface area contributed by atoms with E-state index in [1.807, 2.05) is 20.8 Å². The van der Waals surface area contributed by atoms with Crippen LogP contribution < -0.4 is 5.32 Å². The monoisotopic (exact) mass is 199 g/mol. The largest absolute Gasteiger partial charge is 0.462 e. The highest BCUT2D eigenvalue weighted by Gasteiger charge is 2.26. The maximum Gasteiger partial charge on any atom is 0.311 e. The predicted octanol–water partition coefficient (Wildman–Crippen LogP) is 1.72. The van der Waals surface area contributed by atoms with Gasteiger partial charge in [0.15, 0.2) is 0 Å². The standard InChI is InChI=1S/C11H21NO2/c1-11(2,3)10(13)14-9-5-4-7-12-8-6-9/h9,12H,4-8H2,1-3H3. The van der Waals surface area contributed by atoms with Crippen LogP contribution in [0, 0.1) is 5.41 Å². The van der Waals surface area contributed by atoms with Crippen molar-refractivity contribution in [3.63, 3.8) is 0 Å². The Labute approximate surface area is 86.2 Å². The van der Waals surface area contributed by atoms with E-state index in [9.17, 15) is 4.79 Å². The number of carbonyl (C=O) groups excluding carboxylic acids is 1. The molecule has 0 aromatic carbocycles. The Hall–Kier alpha value is -0.570. The van der Waals surface area contributed by atoms with Gasteiger partial charge in [0.2, 0.25) is 0 Å². The van der Waals surface area contributed by atoms with E-state index in [0.717, 1.165) is 32.4 Å². The smallest absolute Gasteiger partial charge is 0.311 e. The van der Waals surface area contributed by atoms with Gasteiger partial charge in [-0.05, 0) is 53.1 Å². The molecule has 0 aromatic rings. The lowest BCUT2D eigenvalue weighted by Gasteiger charge is -2.22. The first-order chi connectivity index (χ1) is 6.50. The Morgan fingerprint density at radius 2 is 2.00 bits per heavy atom. The summed E-state index contributed by atoms with van der Waals surface area (Å²) in [6.45, 7) is 7.69. The molecular weight excluding hydrogens is 178 g/mol. The van der Waals surface area contributed by atoms with Crippen molar-refractivity contribution in [2.75, 3.05) is 13.1 Å². The minimum Gasteiger partial charge on any atom is -0.462 e. The highest BCUT2D eigenvalue weighted by atomic mass is 16.5. The van der Waals surface area contributed by atoms with E-state index in [2.05, 4.69) is 5.32 Å². The second kappa shape index (κ2) is 4.78. The minimum absolute atomic E-state index is 0.0793. The lowest BCUT2D eigenvalue weighted by atomic mass is 9.97. The van der Waals surface area contributed by atoms with Gasteiger partial charge in [-0.2, -0.15) is 0 Å². The molecule has 1 saturated heterocycles. The summed E-state index contributed by atoms with van der Waals surface area (Å²) in [6, 6.07) is 0. The molecule has 3 nitrogen and oxygen atoms in total. The van der Waals surface area contributed by atoms with Gasteiger partial charge in [0.1, 0.15) is 6.10 Å². The fraction of sp³-hybridized carbons (Fsp3) is 0.909. The van der Waals surface area contributed by atoms with Crippen LogP contribution in [-0.4, -0.2) is 25.2 Å². The third-order valence-electron chi connectivity index (χ3n) is 2.41. The fourth-order valence-corrected chi connectivity index (χ4v) is 1.43. The predicted molar refractivity (Wildman–Crippen MR) is 56.1 cm³/mol. The molecule has 1 aliphatic rings. The zero-order valence-corrected chi connectivity index (χ0v) is 9.43. The topological polar surface area (TPSA) is 38.3 Å². The van der Waals surface area contributed by atoms with E-state index in [1.165, 1.54) is 0 Å². The summed E-state index contributed by atoms with van der Waals surface area (Å²) in [5.74, 6) is -0.0793. The number of carbonyl (C=O) groups is 1. The van der Waals surface area contributed by atoms with Crippen LogP contribution in [0.1, 0.15) is 40.0 Å². The number of hydrogen-bond donors (Lipinski definition) is 1. The van der Waals surface area contributed by atoms with E-state index < -0.39 is 0 Å². The van der Waals surface area contributed by atoms with Gasteiger partial charge in [-0.15, -0.1) is 0 Å². The average Bonchev–Trinajstić information content (AvgIpc) is 2.31. The van der Waals surface area contributed by atoms with Crippen LogP contribution in [0.2, 0.25) is 0 Å². The third kappa shape index (κ3) is 3.66. The fourth-order valence-electron chi connectivity index (χ4n) is 1.43. The normalized spacial score (nSPS) is 24.1. The highest BCUT2D eigenvalue weighted by Crippen LogP contribution is 2.19.